The highest BCUT2D eigenvalue weighted by atomic mass is 16.5. The third kappa shape index (κ3) is 2.42. The van der Waals surface area contributed by atoms with Crippen molar-refractivity contribution in [2.24, 2.45) is 7.05 Å². The summed E-state index contributed by atoms with van der Waals surface area (Å²) in [4.78, 5) is 11.6. The second-order valence-electron chi connectivity index (χ2n) is 3.29. The molecule has 0 bridgehead atoms. The van der Waals surface area contributed by atoms with Gasteiger partial charge in [-0.25, -0.2) is 0 Å². The van der Waals surface area contributed by atoms with Crippen molar-refractivity contribution in [3.05, 3.63) is 17.5 Å². The van der Waals surface area contributed by atoms with Gasteiger partial charge >= 0.3 is 0 Å². The van der Waals surface area contributed by atoms with Crippen LogP contribution in [0.4, 0.5) is 0 Å². The molecule has 0 aliphatic rings. The number of ketones is 1. The first kappa shape index (κ1) is 10.9. The van der Waals surface area contributed by atoms with E-state index in [0.29, 0.717) is 13.0 Å². The van der Waals surface area contributed by atoms with Crippen molar-refractivity contribution in [2.45, 2.75) is 19.8 Å². The van der Waals surface area contributed by atoms with Gasteiger partial charge < -0.3 is 4.74 Å². The maximum Gasteiger partial charge on any atom is 0.166 e. The van der Waals surface area contributed by atoms with Crippen LogP contribution in [0.1, 0.15) is 28.9 Å². The molecule has 4 nitrogen and oxygen atoms in total. The molecule has 4 heteroatoms. The quantitative estimate of drug-likeness (QED) is 0.527. The molecule has 0 aliphatic heterocycles. The molecule has 0 fully saturated rings. The normalized spacial score (nSPS) is 10.5. The molecular weight excluding hydrogens is 180 g/mol. The Balaban J connectivity index is 2.56. The van der Waals surface area contributed by atoms with Crippen LogP contribution in [0.3, 0.4) is 0 Å². The van der Waals surface area contributed by atoms with Crippen molar-refractivity contribution >= 4 is 5.78 Å². The molecule has 78 valence electrons. The molecule has 0 N–H and O–H groups in total. The maximum absolute atomic E-state index is 11.6. The van der Waals surface area contributed by atoms with Gasteiger partial charge in [0.1, 0.15) is 0 Å². The van der Waals surface area contributed by atoms with Gasteiger partial charge in [0.25, 0.3) is 0 Å². The summed E-state index contributed by atoms with van der Waals surface area (Å²) in [7, 11) is 3.47. The third-order valence-corrected chi connectivity index (χ3v) is 2.29. The van der Waals surface area contributed by atoms with Crippen molar-refractivity contribution in [1.29, 1.82) is 0 Å². The average Bonchev–Trinajstić information content (AvgIpc) is 2.48. The van der Waals surface area contributed by atoms with Crippen LogP contribution in [0, 0.1) is 6.92 Å². The summed E-state index contributed by atoms with van der Waals surface area (Å²) in [5.74, 6) is 0.146. The van der Waals surface area contributed by atoms with Gasteiger partial charge in [0.2, 0.25) is 0 Å². The number of carbonyl (C=O) groups excluding carboxylic acids is 1. The van der Waals surface area contributed by atoms with E-state index in [4.69, 9.17) is 4.74 Å². The van der Waals surface area contributed by atoms with E-state index in [1.54, 1.807) is 18.0 Å². The Bertz CT molecular complexity index is 318. The Morgan fingerprint density at radius 1 is 1.64 bits per heavy atom. The van der Waals surface area contributed by atoms with Gasteiger partial charge in [0.05, 0.1) is 11.8 Å². The van der Waals surface area contributed by atoms with Gasteiger partial charge in [0.15, 0.2) is 5.78 Å². The van der Waals surface area contributed by atoms with Gasteiger partial charge in [-0.1, -0.05) is 0 Å². The lowest BCUT2D eigenvalue weighted by molar-refractivity contribution is 0.0962. The Morgan fingerprint density at radius 2 is 2.36 bits per heavy atom. The molecule has 0 aromatic carbocycles. The minimum Gasteiger partial charge on any atom is -0.385 e. The van der Waals surface area contributed by atoms with Crippen LogP contribution in [-0.4, -0.2) is 29.3 Å². The lowest BCUT2D eigenvalue weighted by atomic mass is 10.1. The fourth-order valence-electron chi connectivity index (χ4n) is 1.28. The van der Waals surface area contributed by atoms with Crippen molar-refractivity contribution < 1.29 is 9.53 Å². The number of aromatic nitrogens is 2. The molecule has 0 saturated carbocycles. The largest absolute Gasteiger partial charge is 0.385 e. The number of hydrogen-bond donors (Lipinski definition) is 0. The van der Waals surface area contributed by atoms with Crippen LogP contribution in [0.15, 0.2) is 6.20 Å². The molecule has 0 saturated heterocycles. The Labute approximate surface area is 83.9 Å². The van der Waals surface area contributed by atoms with Crippen LogP contribution >= 0.6 is 0 Å². The summed E-state index contributed by atoms with van der Waals surface area (Å²) in [5.41, 5.74) is 1.65. The van der Waals surface area contributed by atoms with Crippen LogP contribution in [-0.2, 0) is 11.8 Å². The van der Waals surface area contributed by atoms with E-state index < -0.39 is 0 Å². The first-order valence-corrected chi connectivity index (χ1v) is 4.67. The molecule has 0 unspecified atom stereocenters. The molecule has 0 spiro atoms. The number of ether oxygens (including phenoxy) is 1. The topological polar surface area (TPSA) is 44.1 Å². The van der Waals surface area contributed by atoms with Crippen LogP contribution in [0.25, 0.3) is 0 Å². The van der Waals surface area contributed by atoms with Crippen LogP contribution in [0.2, 0.25) is 0 Å². The number of aryl methyl sites for hydroxylation is 1. The minimum atomic E-state index is 0.146. The van der Waals surface area contributed by atoms with E-state index >= 15 is 0 Å². The summed E-state index contributed by atoms with van der Waals surface area (Å²) in [6.07, 6.45) is 2.93. The first-order chi connectivity index (χ1) is 6.66. The lowest BCUT2D eigenvalue weighted by Crippen LogP contribution is -2.03. The fourth-order valence-corrected chi connectivity index (χ4v) is 1.28. The highest BCUT2D eigenvalue weighted by molar-refractivity contribution is 5.96. The van der Waals surface area contributed by atoms with Crippen LogP contribution < -0.4 is 0 Å². The zero-order chi connectivity index (χ0) is 10.6. The van der Waals surface area contributed by atoms with Gasteiger partial charge in [-0.3, -0.25) is 9.48 Å². The molecule has 0 amide bonds. The van der Waals surface area contributed by atoms with E-state index in [1.165, 1.54) is 0 Å². The van der Waals surface area contributed by atoms with Crippen molar-refractivity contribution in [1.82, 2.24) is 9.78 Å². The Morgan fingerprint density at radius 3 is 2.86 bits per heavy atom. The molecule has 1 rings (SSSR count). The fraction of sp³-hybridized carbons (Fsp3) is 0.600. The summed E-state index contributed by atoms with van der Waals surface area (Å²) >= 11 is 0. The monoisotopic (exact) mass is 196 g/mol. The zero-order valence-corrected chi connectivity index (χ0v) is 8.91. The third-order valence-electron chi connectivity index (χ3n) is 2.29. The number of carbonyl (C=O) groups is 1. The SMILES string of the molecule is COCCCC(=O)c1cnn(C)c1C. The molecule has 0 atom stereocenters. The van der Waals surface area contributed by atoms with Gasteiger partial charge in [-0.2, -0.15) is 5.10 Å². The summed E-state index contributed by atoms with van der Waals surface area (Å²) < 4.78 is 6.60. The second-order valence-corrected chi connectivity index (χ2v) is 3.29. The summed E-state index contributed by atoms with van der Waals surface area (Å²) in [6.45, 7) is 2.53. The standard InChI is InChI=1S/C10H16N2O2/c1-8-9(7-11-12(8)2)10(13)5-4-6-14-3/h7H,4-6H2,1-3H3. The van der Waals surface area contributed by atoms with Gasteiger partial charge in [-0.05, 0) is 13.3 Å². The number of Topliss-reactive ketones (excluding diaryl/α,β-unsaturated/α-hetero) is 1. The van der Waals surface area contributed by atoms with E-state index in [0.717, 1.165) is 17.7 Å². The molecule has 1 aromatic heterocycles. The van der Waals surface area contributed by atoms with Crippen LogP contribution in [0.5, 0.6) is 0 Å². The predicted octanol–water partition coefficient (Wildman–Crippen LogP) is 1.34. The van der Waals surface area contributed by atoms with Gasteiger partial charge in [-0.15, -0.1) is 0 Å². The van der Waals surface area contributed by atoms with E-state index in [1.807, 2.05) is 14.0 Å². The van der Waals surface area contributed by atoms with Gasteiger partial charge in [0, 0.05) is 32.9 Å². The maximum atomic E-state index is 11.6. The second kappa shape index (κ2) is 4.91. The minimum absolute atomic E-state index is 0.146. The Hall–Kier alpha value is -1.16. The lowest BCUT2D eigenvalue weighted by Gasteiger charge is -2.00. The first-order valence-electron chi connectivity index (χ1n) is 4.67. The smallest absolute Gasteiger partial charge is 0.166 e. The summed E-state index contributed by atoms with van der Waals surface area (Å²) in [5, 5.41) is 4.03. The van der Waals surface area contributed by atoms with Crippen molar-refractivity contribution in [3.63, 3.8) is 0 Å². The number of methoxy groups -OCH3 is 1. The summed E-state index contributed by atoms with van der Waals surface area (Å²) in [6, 6.07) is 0. The average molecular weight is 196 g/mol. The molecule has 14 heavy (non-hydrogen) atoms. The Kier molecular flexibility index (Phi) is 3.83. The molecule has 1 aromatic rings. The predicted molar refractivity (Wildman–Crippen MR) is 53.4 cm³/mol. The molecule has 0 aliphatic carbocycles. The van der Waals surface area contributed by atoms with E-state index in [2.05, 4.69) is 5.10 Å². The van der Waals surface area contributed by atoms with Crippen molar-refractivity contribution in [2.75, 3.05) is 13.7 Å². The highest BCUT2D eigenvalue weighted by Crippen LogP contribution is 2.09. The van der Waals surface area contributed by atoms with E-state index in [9.17, 15) is 4.79 Å². The molecular formula is C10H16N2O2. The van der Waals surface area contributed by atoms with Crippen molar-refractivity contribution in [3.8, 4) is 0 Å². The molecule has 1 heterocycles. The zero-order valence-electron chi connectivity index (χ0n) is 8.91. The number of rotatable bonds is 5. The number of nitrogens with zero attached hydrogens (tertiary/aromatic N) is 2. The highest BCUT2D eigenvalue weighted by Gasteiger charge is 2.11. The molecule has 0 radical (unpaired) electrons. The number of hydrogen-bond acceptors (Lipinski definition) is 3. The van der Waals surface area contributed by atoms with E-state index in [-0.39, 0.29) is 5.78 Å².